The van der Waals surface area contributed by atoms with Crippen LogP contribution < -0.4 is 0 Å². The van der Waals surface area contributed by atoms with Gasteiger partial charge in [-0.25, -0.2) is 0 Å². The van der Waals surface area contributed by atoms with Crippen LogP contribution in [-0.2, 0) is 11.3 Å². The Bertz CT molecular complexity index is 462. The number of hydrogen-bond donors (Lipinski definition) is 0. The smallest absolute Gasteiger partial charge is 0.244 e. The second-order valence-corrected chi connectivity index (χ2v) is 5.86. The summed E-state index contributed by atoms with van der Waals surface area (Å²) in [5.74, 6) is 0.308. The predicted octanol–water partition coefficient (Wildman–Crippen LogP) is 3.44. The molecule has 2 rings (SSSR count). The minimum absolute atomic E-state index is 0.0370. The second kappa shape index (κ2) is 5.98. The van der Waals surface area contributed by atoms with E-state index < -0.39 is 4.87 Å². The van der Waals surface area contributed by atoms with Crippen molar-refractivity contribution in [2.45, 2.75) is 17.8 Å². The van der Waals surface area contributed by atoms with Crippen molar-refractivity contribution >= 4 is 29.1 Å². The Labute approximate surface area is 124 Å². The summed E-state index contributed by atoms with van der Waals surface area (Å²) in [4.78, 5) is 13.4. The summed E-state index contributed by atoms with van der Waals surface area (Å²) in [5.41, 5.74) is 1.10. The Kier molecular flexibility index (Phi) is 4.54. The molecular formula is C15H17Cl2NO. The normalized spacial score (nSPS) is 26.7. The number of rotatable bonds is 5. The fourth-order valence-corrected chi connectivity index (χ4v) is 3.32. The molecule has 1 aromatic rings. The maximum absolute atomic E-state index is 12.5. The molecule has 1 amide bonds. The molecule has 0 unspecified atom stereocenters. The first-order valence-corrected chi connectivity index (χ1v) is 7.22. The number of alkyl halides is 2. The van der Waals surface area contributed by atoms with Crippen LogP contribution in [0.15, 0.2) is 43.0 Å². The van der Waals surface area contributed by atoms with Gasteiger partial charge in [0.2, 0.25) is 5.91 Å². The monoisotopic (exact) mass is 297 g/mol. The zero-order valence-corrected chi connectivity index (χ0v) is 12.2. The van der Waals surface area contributed by atoms with Gasteiger partial charge in [0.15, 0.2) is 0 Å². The number of allylic oxidation sites excluding steroid dienone is 1. The lowest BCUT2D eigenvalue weighted by atomic mass is 9.93. The minimum Gasteiger partial charge on any atom is -0.336 e. The molecule has 0 spiro atoms. The van der Waals surface area contributed by atoms with E-state index in [2.05, 4.69) is 6.58 Å². The largest absolute Gasteiger partial charge is 0.336 e. The summed E-state index contributed by atoms with van der Waals surface area (Å²) < 4.78 is 0. The third-order valence-electron chi connectivity index (χ3n) is 3.57. The number of amides is 1. The van der Waals surface area contributed by atoms with Crippen LogP contribution in [0.4, 0.5) is 0 Å². The molecule has 19 heavy (non-hydrogen) atoms. The summed E-state index contributed by atoms with van der Waals surface area (Å²) in [6.45, 7) is 4.87. The molecule has 0 radical (unpaired) electrons. The molecule has 1 aromatic carbocycles. The first-order chi connectivity index (χ1) is 9.11. The van der Waals surface area contributed by atoms with E-state index >= 15 is 0 Å². The average Bonchev–Trinajstić information content (AvgIpc) is 2.65. The Morgan fingerprint density at radius 1 is 1.42 bits per heavy atom. The van der Waals surface area contributed by atoms with Crippen molar-refractivity contribution in [1.82, 2.24) is 4.90 Å². The van der Waals surface area contributed by atoms with Gasteiger partial charge in [0.05, 0.1) is 0 Å². The van der Waals surface area contributed by atoms with Gasteiger partial charge in [-0.05, 0) is 12.0 Å². The van der Waals surface area contributed by atoms with Crippen molar-refractivity contribution in [3.05, 3.63) is 48.6 Å². The highest BCUT2D eigenvalue weighted by molar-refractivity contribution is 6.36. The zero-order valence-electron chi connectivity index (χ0n) is 10.7. The van der Waals surface area contributed by atoms with Gasteiger partial charge < -0.3 is 4.90 Å². The van der Waals surface area contributed by atoms with Crippen LogP contribution in [0.25, 0.3) is 0 Å². The van der Waals surface area contributed by atoms with E-state index in [1.54, 1.807) is 11.0 Å². The number of carbonyl (C=O) groups is 1. The topological polar surface area (TPSA) is 20.3 Å². The number of likely N-dealkylation sites (tertiary alicyclic amines) is 1. The first-order valence-electron chi connectivity index (χ1n) is 6.31. The van der Waals surface area contributed by atoms with Gasteiger partial charge >= 0.3 is 0 Å². The van der Waals surface area contributed by atoms with Crippen LogP contribution in [0.5, 0.6) is 0 Å². The highest BCUT2D eigenvalue weighted by Gasteiger charge is 2.51. The second-order valence-electron chi connectivity index (χ2n) is 4.88. The SMILES string of the molecule is C=CC[C@]1(Cl)C(=O)N(Cc2ccccc2)C[C@H]1CCl. The van der Waals surface area contributed by atoms with E-state index in [9.17, 15) is 4.79 Å². The van der Waals surface area contributed by atoms with Crippen molar-refractivity contribution in [2.24, 2.45) is 5.92 Å². The molecule has 2 nitrogen and oxygen atoms in total. The van der Waals surface area contributed by atoms with Gasteiger partial charge in [-0.2, -0.15) is 0 Å². The van der Waals surface area contributed by atoms with Crippen molar-refractivity contribution in [1.29, 1.82) is 0 Å². The minimum atomic E-state index is -0.918. The molecule has 1 aliphatic heterocycles. The first kappa shape index (κ1) is 14.4. The molecule has 0 aromatic heterocycles. The Morgan fingerprint density at radius 2 is 2.11 bits per heavy atom. The van der Waals surface area contributed by atoms with Gasteiger partial charge in [-0.3, -0.25) is 4.79 Å². The maximum atomic E-state index is 12.5. The third-order valence-corrected chi connectivity index (χ3v) is 4.57. The van der Waals surface area contributed by atoms with Crippen molar-refractivity contribution in [3.63, 3.8) is 0 Å². The predicted molar refractivity (Wildman–Crippen MR) is 79.5 cm³/mol. The number of hydrogen-bond acceptors (Lipinski definition) is 1. The molecule has 102 valence electrons. The summed E-state index contributed by atoms with van der Waals surface area (Å²) >= 11 is 12.5. The number of carbonyl (C=O) groups excluding carboxylic acids is 1. The van der Waals surface area contributed by atoms with Gasteiger partial charge in [0, 0.05) is 24.9 Å². The van der Waals surface area contributed by atoms with E-state index in [1.165, 1.54) is 0 Å². The van der Waals surface area contributed by atoms with Gasteiger partial charge in [-0.1, -0.05) is 36.4 Å². The van der Waals surface area contributed by atoms with Crippen LogP contribution in [-0.4, -0.2) is 28.1 Å². The third kappa shape index (κ3) is 2.80. The van der Waals surface area contributed by atoms with Crippen LogP contribution in [0, 0.1) is 5.92 Å². The standard InChI is InChI=1S/C15H17Cl2NO/c1-2-8-15(17)13(9-16)11-18(14(15)19)10-12-6-4-3-5-7-12/h2-7,13H,1,8-11H2/t13-,15-/m1/s1. The van der Waals surface area contributed by atoms with Crippen LogP contribution in [0.1, 0.15) is 12.0 Å². The maximum Gasteiger partial charge on any atom is 0.244 e. The molecule has 1 heterocycles. The van der Waals surface area contributed by atoms with Crippen LogP contribution >= 0.6 is 23.2 Å². The van der Waals surface area contributed by atoms with Gasteiger partial charge in [-0.15, -0.1) is 29.8 Å². The molecule has 1 aliphatic rings. The van der Waals surface area contributed by atoms with Gasteiger partial charge in [0.25, 0.3) is 0 Å². The number of nitrogens with zero attached hydrogens (tertiary/aromatic N) is 1. The molecular weight excluding hydrogens is 281 g/mol. The summed E-state index contributed by atoms with van der Waals surface area (Å²) in [6.07, 6.45) is 2.15. The lowest BCUT2D eigenvalue weighted by Crippen LogP contribution is -2.38. The molecule has 0 bridgehead atoms. The molecule has 0 saturated carbocycles. The lowest BCUT2D eigenvalue weighted by molar-refractivity contribution is -0.130. The van der Waals surface area contributed by atoms with Crippen molar-refractivity contribution in [3.8, 4) is 0 Å². The zero-order chi connectivity index (χ0) is 13.9. The average molecular weight is 298 g/mol. The molecule has 1 saturated heterocycles. The summed E-state index contributed by atoms with van der Waals surface area (Å²) in [7, 11) is 0. The molecule has 1 fully saturated rings. The molecule has 4 heteroatoms. The fourth-order valence-electron chi connectivity index (χ4n) is 2.51. The number of halogens is 2. The molecule has 0 aliphatic carbocycles. The van der Waals surface area contributed by atoms with Crippen molar-refractivity contribution in [2.75, 3.05) is 12.4 Å². The highest BCUT2D eigenvalue weighted by Crippen LogP contribution is 2.39. The van der Waals surface area contributed by atoms with Crippen LogP contribution in [0.3, 0.4) is 0 Å². The van der Waals surface area contributed by atoms with Crippen molar-refractivity contribution < 1.29 is 4.79 Å². The number of benzene rings is 1. The summed E-state index contributed by atoms with van der Waals surface area (Å²) in [5, 5.41) is 0. The van der Waals surface area contributed by atoms with E-state index in [0.717, 1.165) is 5.56 Å². The van der Waals surface area contributed by atoms with E-state index in [4.69, 9.17) is 23.2 Å². The molecule has 2 atom stereocenters. The fraction of sp³-hybridized carbons (Fsp3) is 0.400. The molecule has 0 N–H and O–H groups in total. The van der Waals surface area contributed by atoms with Gasteiger partial charge in [0.1, 0.15) is 4.87 Å². The highest BCUT2D eigenvalue weighted by atomic mass is 35.5. The van der Waals surface area contributed by atoms with Crippen LogP contribution in [0.2, 0.25) is 0 Å². The van der Waals surface area contributed by atoms with E-state index in [1.807, 2.05) is 30.3 Å². The Hall–Kier alpha value is -0.990. The lowest BCUT2D eigenvalue weighted by Gasteiger charge is -2.23. The summed E-state index contributed by atoms with van der Waals surface area (Å²) in [6, 6.07) is 9.90. The Morgan fingerprint density at radius 3 is 2.68 bits per heavy atom. The van der Waals surface area contributed by atoms with E-state index in [0.29, 0.717) is 25.4 Å². The van der Waals surface area contributed by atoms with E-state index in [-0.39, 0.29) is 11.8 Å². The Balaban J connectivity index is 2.16. The quantitative estimate of drug-likeness (QED) is 0.602.